The van der Waals surface area contributed by atoms with E-state index in [1.54, 1.807) is 36.4 Å². The van der Waals surface area contributed by atoms with Gasteiger partial charge in [0.1, 0.15) is 37.0 Å². The lowest BCUT2D eigenvalue weighted by Gasteiger charge is -2.59. The molecular weight excluding hydrogens is 1700 g/mol. The molecule has 4 fully saturated rings. The van der Waals surface area contributed by atoms with Crippen LogP contribution < -0.4 is 78.1 Å². The summed E-state index contributed by atoms with van der Waals surface area (Å²) in [6, 6.07) is 26.8. The third-order valence-electron chi connectivity index (χ3n) is 26.5. The molecule has 8 bridgehead atoms. The van der Waals surface area contributed by atoms with Crippen molar-refractivity contribution in [3.05, 3.63) is 209 Å². The molecule has 7 N–H and O–H groups in total. The Balaban J connectivity index is 0.000000178. The lowest BCUT2D eigenvalue weighted by molar-refractivity contribution is -0.164. The maximum Gasteiger partial charge on any atom is 0.336 e. The zero-order chi connectivity index (χ0) is 88.5. The number of hydrogen-bond acceptors (Lipinski definition) is 32. The normalized spacial score (nSPS) is 25.9. The van der Waals surface area contributed by atoms with Crippen molar-refractivity contribution in [2.75, 3.05) is 79.8 Å². The van der Waals surface area contributed by atoms with Crippen LogP contribution in [-0.4, -0.2) is 177 Å². The van der Waals surface area contributed by atoms with Gasteiger partial charge in [-0.05, 0) is 145 Å². The average Bonchev–Trinajstić information content (AvgIpc) is 1.40. The molecule has 14 aliphatic rings. The van der Waals surface area contributed by atoms with E-state index in [0.29, 0.717) is 140 Å². The number of carbonyl (C=O) groups excluding carboxylic acids is 6. The van der Waals surface area contributed by atoms with Crippen LogP contribution in [0.2, 0.25) is 0 Å². The second kappa shape index (κ2) is 35.1. The number of benzene rings is 8. The summed E-state index contributed by atoms with van der Waals surface area (Å²) in [7, 11) is 5.98. The van der Waals surface area contributed by atoms with E-state index in [-0.39, 0.29) is 93.7 Å². The number of fused-ring (bicyclic) bond motifs is 18. The topological polar surface area (TPSA) is 371 Å². The first-order valence-electron chi connectivity index (χ1n) is 42.0. The summed E-state index contributed by atoms with van der Waals surface area (Å²) in [6.45, 7) is 10.2. The molecule has 14 aliphatic heterocycles. The fraction of sp³-hybridized carbons (Fsp3) is 0.392. The molecule has 22 rings (SSSR count). The van der Waals surface area contributed by atoms with Crippen LogP contribution in [0.5, 0.6) is 80.5 Å². The monoisotopic (exact) mass is 1800 g/mol. The molecule has 0 aliphatic carbocycles. The van der Waals surface area contributed by atoms with Crippen LogP contribution in [-0.2, 0) is 75.0 Å². The average molecular weight is 1800 g/mol. The summed E-state index contributed by atoms with van der Waals surface area (Å²) in [5.74, 6) is 0.743. The van der Waals surface area contributed by atoms with Crippen LogP contribution in [0.25, 0.3) is 12.2 Å². The van der Waals surface area contributed by atoms with Crippen LogP contribution in [0.1, 0.15) is 164 Å². The predicted molar refractivity (Wildman–Crippen MR) is 476 cm³/mol. The highest BCUT2D eigenvalue weighted by Gasteiger charge is 2.63. The van der Waals surface area contributed by atoms with Gasteiger partial charge in [-0.25, -0.2) is 19.2 Å². The maximum absolute atomic E-state index is 15.1. The van der Waals surface area contributed by atoms with Gasteiger partial charge in [-0.3, -0.25) is 30.0 Å². The maximum atomic E-state index is 15.1. The molecule has 14 heterocycles. The quantitative estimate of drug-likeness (QED) is 0.0339. The van der Waals surface area contributed by atoms with Crippen LogP contribution in [0.15, 0.2) is 109 Å². The number of phenolic OH excluding ortho intramolecular Hbond substituents is 2. The van der Waals surface area contributed by atoms with Gasteiger partial charge in [0.2, 0.25) is 13.6 Å². The number of nitrogens with zero attached hydrogens (tertiary/aromatic N) is 3. The fourth-order valence-corrected chi connectivity index (χ4v) is 24.7. The molecule has 8 aromatic rings. The van der Waals surface area contributed by atoms with Crippen LogP contribution >= 0.6 is 23.5 Å². The van der Waals surface area contributed by atoms with Crippen molar-refractivity contribution >= 4 is 71.5 Å². The molecule has 8 aromatic carbocycles. The molecule has 0 amide bonds. The Kier molecular flexibility index (Phi) is 24.2. The number of nitrogens with one attached hydrogen (secondary N) is 4. The standard InChI is InChI=1S/C48H46N4O11S.C47H47N3O12S.2CH4/c1-23-15-28-16-30-31(19-49)52-32-20-59-47(56)48(29-18-33(57-4)34(17-27(29)13-14-50-48)63-35(54)12-11-26-9-7-6-8-10-26)21-64-46(40(52)39(51-30)36(28)41(55)42(23)58-5)38-37(32)45-44(60-22-61-45)24(2)43(38)62-25(3)53;1-22-15-27-16-29-45(54)50-30-19-58-46(55)47(28-18-31(56-4)32(17-26(28)13-14-48-47)62-33(52)12-11-25-9-7-6-8-10-25)20-63-44(38(50)37(49-29)34(27)39(53)40(22)57-5)36-35(30)43-42(59-21-60-43)23(2)41(36)61-24(3)51;;/h6-12,15,17-18,30-32,39-40,46,50-51,55H,13-14,16,20-22H2,1-5H3;6-12,15,17-18,29-30,37-38,44-45,48-49,53-54H,13-14,16,19-21H2,1-5H3;2*1H4/b2*12-11+;;/t30-,31-,32-,39+,40?,46+,48+;29-,30-,37+,38?,44+,45-,47+;;/m00../s1. The highest BCUT2D eigenvalue weighted by Crippen LogP contribution is 2.67. The third kappa shape index (κ3) is 14.7. The van der Waals surface area contributed by atoms with E-state index in [1.165, 1.54) is 78.0 Å². The van der Waals surface area contributed by atoms with Crippen molar-refractivity contribution in [1.29, 1.82) is 5.26 Å². The number of thioether (sulfide) groups is 2. The lowest BCUT2D eigenvalue weighted by atomic mass is 9.72. The van der Waals surface area contributed by atoms with Crippen molar-refractivity contribution in [1.82, 2.24) is 31.1 Å². The van der Waals surface area contributed by atoms with E-state index < -0.39 is 112 Å². The van der Waals surface area contributed by atoms with E-state index in [2.05, 4.69) is 32.2 Å². The number of carbonyl (C=O) groups is 6. The summed E-state index contributed by atoms with van der Waals surface area (Å²) >= 11 is 2.88. The van der Waals surface area contributed by atoms with Gasteiger partial charge in [0.05, 0.1) is 75.2 Å². The van der Waals surface area contributed by atoms with Gasteiger partial charge in [0.25, 0.3) is 0 Å². The van der Waals surface area contributed by atoms with E-state index in [1.807, 2.05) is 105 Å². The Bertz CT molecular complexity index is 6030. The molecular formula is C97H101N7O23S2. The Labute approximate surface area is 754 Å². The Hall–Kier alpha value is -12.0. The number of aliphatic hydroxyl groups excluding tert-OH is 1. The molecule has 14 atom stereocenters. The number of phenols is 2. The molecule has 674 valence electrons. The minimum Gasteiger partial charge on any atom is -0.504 e. The zero-order valence-electron chi connectivity index (χ0n) is 71.1. The second-order valence-electron chi connectivity index (χ2n) is 33.5. The summed E-state index contributed by atoms with van der Waals surface area (Å²) in [4.78, 5) is 86.4. The van der Waals surface area contributed by atoms with Gasteiger partial charge in [0, 0.05) is 113 Å². The number of piperazine rings is 2. The number of aliphatic hydroxyl groups is 1. The smallest absolute Gasteiger partial charge is 0.336 e. The minimum atomic E-state index is -1.44. The number of nitriles is 1. The number of aryl methyl sites for hydroxylation is 2. The van der Waals surface area contributed by atoms with Crippen LogP contribution in [0, 0.1) is 39.0 Å². The molecule has 0 aromatic heterocycles. The van der Waals surface area contributed by atoms with Gasteiger partial charge < -0.3 is 92.3 Å². The molecule has 129 heavy (non-hydrogen) atoms. The lowest BCUT2D eigenvalue weighted by Crippen LogP contribution is -2.69. The first kappa shape index (κ1) is 89.0. The number of esters is 6. The summed E-state index contributed by atoms with van der Waals surface area (Å²) < 4.78 is 84.5. The largest absolute Gasteiger partial charge is 0.504 e. The number of aromatic hydroxyl groups is 2. The van der Waals surface area contributed by atoms with Crippen LogP contribution in [0.4, 0.5) is 0 Å². The summed E-state index contributed by atoms with van der Waals surface area (Å²) in [5.41, 5.74) is 9.76. The zero-order valence-corrected chi connectivity index (χ0v) is 72.8. The molecule has 4 saturated heterocycles. The third-order valence-corrected chi connectivity index (χ3v) is 29.4. The second-order valence-corrected chi connectivity index (χ2v) is 35.7. The summed E-state index contributed by atoms with van der Waals surface area (Å²) in [6.07, 6.45) is 6.80. The molecule has 0 saturated carbocycles. The highest BCUT2D eigenvalue weighted by molar-refractivity contribution is 7.99. The number of rotatable bonds is 12. The van der Waals surface area contributed by atoms with Gasteiger partial charge >= 0.3 is 35.8 Å². The van der Waals surface area contributed by atoms with Crippen molar-refractivity contribution in [2.45, 2.75) is 164 Å². The molecule has 2 spiro atoms. The van der Waals surface area contributed by atoms with Crippen molar-refractivity contribution in [3.63, 3.8) is 0 Å². The first-order valence-corrected chi connectivity index (χ1v) is 44.1. The Morgan fingerprint density at radius 1 is 0.512 bits per heavy atom. The van der Waals surface area contributed by atoms with Gasteiger partial charge in [-0.15, -0.1) is 23.5 Å². The fourth-order valence-electron chi connectivity index (χ4n) is 21.3. The van der Waals surface area contributed by atoms with E-state index >= 15 is 4.79 Å². The van der Waals surface area contributed by atoms with E-state index in [9.17, 15) is 44.6 Å². The van der Waals surface area contributed by atoms with Crippen molar-refractivity contribution in [2.24, 2.45) is 0 Å². The number of ether oxygens (including phenoxy) is 14. The van der Waals surface area contributed by atoms with E-state index in [4.69, 9.17) is 66.3 Å². The van der Waals surface area contributed by atoms with Crippen molar-refractivity contribution in [3.8, 4) is 86.6 Å². The van der Waals surface area contributed by atoms with Gasteiger partial charge in [-0.1, -0.05) is 87.6 Å². The van der Waals surface area contributed by atoms with E-state index in [0.717, 1.165) is 44.5 Å². The highest BCUT2D eigenvalue weighted by atomic mass is 32.2. The van der Waals surface area contributed by atoms with Crippen LogP contribution in [0.3, 0.4) is 0 Å². The number of hydrogen-bond donors (Lipinski definition) is 7. The SMILES string of the molecule is C.C.COc1cc2c(cc1OC(=O)/C=C/c1ccccc1)CCN[C@]21CS[C@@H]2c3c(OC(C)=O)c(C)c4c(c3[C@H](COC1=O)N1C2[C@@H]2N[C@@H](Cc3cc(C)c(OC)c(O)c32)[C@@H]1C#N)OCO4.COc1cc2c(cc1OC(=O)/C=C/c1ccccc1)CCN[C@]21CS[C@@H]2c3c(OC(C)=O)c(C)c4c(c3[C@H](COC1=O)N1C2[C@@H]2N[C@@H](Cc3cc(C)c(OC)c(O)c32)[C@@H]1O)OCO4. The Morgan fingerprint density at radius 2 is 0.930 bits per heavy atom. The number of methoxy groups -OCH3 is 4. The van der Waals surface area contributed by atoms with Gasteiger partial charge in [0.15, 0.2) is 80.1 Å². The minimum absolute atomic E-state index is 0. The molecule has 0 radical (unpaired) electrons. The molecule has 32 heteroatoms. The van der Waals surface area contributed by atoms with Crippen molar-refractivity contribution < 1.29 is 110 Å². The van der Waals surface area contributed by atoms with Gasteiger partial charge in [-0.2, -0.15) is 5.26 Å². The molecule has 30 nitrogen and oxygen atoms in total. The predicted octanol–water partition coefficient (Wildman–Crippen LogP) is 11.8. The summed E-state index contributed by atoms with van der Waals surface area (Å²) in [5, 5.41) is 60.9. The Morgan fingerprint density at radius 3 is 1.36 bits per heavy atom. The first-order chi connectivity index (χ1) is 61.4. The molecule has 2 unspecified atom stereocenters.